The van der Waals surface area contributed by atoms with Gasteiger partial charge in [-0.25, -0.2) is 4.98 Å². The Morgan fingerprint density at radius 2 is 1.96 bits per heavy atom. The summed E-state index contributed by atoms with van der Waals surface area (Å²) in [5.41, 5.74) is 2.31. The lowest BCUT2D eigenvalue weighted by Crippen LogP contribution is -2.30. The number of nitrogens with zero attached hydrogens (tertiary/aromatic N) is 3. The first-order chi connectivity index (χ1) is 13.1. The van der Waals surface area contributed by atoms with Gasteiger partial charge in [-0.15, -0.1) is 11.3 Å². The minimum absolute atomic E-state index is 0.0437. The number of hydrogen-bond acceptors (Lipinski definition) is 7. The maximum Gasteiger partial charge on any atom is 0.269 e. The Morgan fingerprint density at radius 1 is 1.15 bits per heavy atom. The van der Waals surface area contributed by atoms with Crippen molar-refractivity contribution in [3.63, 3.8) is 0 Å². The van der Waals surface area contributed by atoms with Gasteiger partial charge in [0, 0.05) is 42.5 Å². The van der Waals surface area contributed by atoms with Crippen LogP contribution in [0.2, 0.25) is 0 Å². The zero-order chi connectivity index (χ0) is 19.1. The Labute approximate surface area is 159 Å². The summed E-state index contributed by atoms with van der Waals surface area (Å²) < 4.78 is 0. The molecule has 0 aliphatic heterocycles. The highest BCUT2D eigenvalue weighted by Crippen LogP contribution is 2.21. The molecule has 0 spiro atoms. The number of carbonyl (C=O) groups is 1. The molecule has 1 amide bonds. The van der Waals surface area contributed by atoms with Gasteiger partial charge in [-0.1, -0.05) is 6.07 Å². The third kappa shape index (κ3) is 5.32. The minimum atomic E-state index is -0.443. The average molecular weight is 383 g/mol. The van der Waals surface area contributed by atoms with Crippen LogP contribution in [0.25, 0.3) is 10.7 Å². The van der Waals surface area contributed by atoms with Crippen LogP contribution in [0.4, 0.5) is 11.4 Å². The van der Waals surface area contributed by atoms with Gasteiger partial charge >= 0.3 is 0 Å². The number of hydrogen-bond donors (Lipinski definition) is 2. The zero-order valence-electron chi connectivity index (χ0n) is 14.3. The summed E-state index contributed by atoms with van der Waals surface area (Å²) in [6.07, 6.45) is 1.92. The van der Waals surface area contributed by atoms with Crippen LogP contribution in [0.5, 0.6) is 0 Å². The number of aromatic nitrogens is 2. The molecule has 0 fully saturated rings. The van der Waals surface area contributed by atoms with Gasteiger partial charge in [0.05, 0.1) is 22.7 Å². The number of benzene rings is 1. The van der Waals surface area contributed by atoms with Gasteiger partial charge in [0.2, 0.25) is 5.91 Å². The number of thiazole rings is 1. The summed E-state index contributed by atoms with van der Waals surface area (Å²) in [6.45, 7) is 0.951. The van der Waals surface area contributed by atoms with E-state index in [1.807, 2.05) is 23.6 Å². The van der Waals surface area contributed by atoms with Crippen LogP contribution in [-0.2, 0) is 11.2 Å². The second-order valence-electron chi connectivity index (χ2n) is 5.62. The molecule has 0 aliphatic rings. The van der Waals surface area contributed by atoms with E-state index in [9.17, 15) is 14.9 Å². The van der Waals surface area contributed by atoms with Crippen molar-refractivity contribution in [1.82, 2.24) is 15.3 Å². The van der Waals surface area contributed by atoms with Crippen molar-refractivity contribution < 1.29 is 9.72 Å². The molecule has 0 saturated heterocycles. The molecule has 1 aromatic carbocycles. The molecule has 2 aromatic heterocycles. The van der Waals surface area contributed by atoms with E-state index in [-0.39, 0.29) is 18.0 Å². The standard InChI is InChI=1S/C18H17N5O3S/c24-17(11-14-12-27-18(22-14)16-3-1-2-8-20-16)21-10-9-19-13-4-6-15(7-5-13)23(25)26/h1-8,12,19H,9-11H2,(H,21,24). The number of carbonyl (C=O) groups excluding carboxylic acids is 1. The molecule has 2 heterocycles. The lowest BCUT2D eigenvalue weighted by atomic mass is 10.3. The fraction of sp³-hybridized carbons (Fsp3) is 0.167. The maximum atomic E-state index is 12.0. The number of rotatable bonds is 8. The van der Waals surface area contributed by atoms with E-state index in [1.165, 1.54) is 23.5 Å². The Hall–Kier alpha value is -3.33. The second-order valence-corrected chi connectivity index (χ2v) is 6.47. The first kappa shape index (κ1) is 18.5. The predicted octanol–water partition coefficient (Wildman–Crippen LogP) is 2.88. The van der Waals surface area contributed by atoms with Crippen LogP contribution in [0.15, 0.2) is 54.0 Å². The van der Waals surface area contributed by atoms with Crippen molar-refractivity contribution in [2.24, 2.45) is 0 Å². The van der Waals surface area contributed by atoms with Crippen LogP contribution in [0, 0.1) is 10.1 Å². The Kier molecular flexibility index (Phi) is 6.06. The van der Waals surface area contributed by atoms with E-state index in [2.05, 4.69) is 20.6 Å². The van der Waals surface area contributed by atoms with E-state index >= 15 is 0 Å². The average Bonchev–Trinajstić information content (AvgIpc) is 3.15. The predicted molar refractivity (Wildman–Crippen MR) is 104 cm³/mol. The summed E-state index contributed by atoms with van der Waals surface area (Å²) in [4.78, 5) is 30.9. The molecule has 138 valence electrons. The van der Waals surface area contributed by atoms with Crippen LogP contribution < -0.4 is 10.6 Å². The number of anilines is 1. The minimum Gasteiger partial charge on any atom is -0.383 e. The number of amides is 1. The first-order valence-electron chi connectivity index (χ1n) is 8.22. The van der Waals surface area contributed by atoms with Gasteiger partial charge in [0.1, 0.15) is 5.01 Å². The molecule has 2 N–H and O–H groups in total. The van der Waals surface area contributed by atoms with Gasteiger partial charge < -0.3 is 10.6 Å². The van der Waals surface area contributed by atoms with Gasteiger partial charge in [-0.3, -0.25) is 19.9 Å². The number of nitrogens with one attached hydrogen (secondary N) is 2. The highest BCUT2D eigenvalue weighted by Gasteiger charge is 2.09. The summed E-state index contributed by atoms with van der Waals surface area (Å²) >= 11 is 1.46. The quantitative estimate of drug-likeness (QED) is 0.352. The first-order valence-corrected chi connectivity index (χ1v) is 9.10. The van der Waals surface area contributed by atoms with Crippen LogP contribution >= 0.6 is 11.3 Å². The fourth-order valence-corrected chi connectivity index (χ4v) is 3.13. The molecular weight excluding hydrogens is 366 g/mol. The van der Waals surface area contributed by atoms with Crippen molar-refractivity contribution in [3.05, 3.63) is 69.8 Å². The van der Waals surface area contributed by atoms with E-state index < -0.39 is 4.92 Å². The van der Waals surface area contributed by atoms with Crippen LogP contribution in [0.1, 0.15) is 5.69 Å². The molecule has 0 bridgehead atoms. The molecule has 0 atom stereocenters. The molecule has 0 aliphatic carbocycles. The fourth-order valence-electron chi connectivity index (χ4n) is 2.33. The topological polar surface area (TPSA) is 110 Å². The number of nitro groups is 1. The maximum absolute atomic E-state index is 12.0. The van der Waals surface area contributed by atoms with Crippen molar-refractivity contribution in [3.8, 4) is 10.7 Å². The molecule has 9 heteroatoms. The lowest BCUT2D eigenvalue weighted by Gasteiger charge is -2.07. The molecule has 0 radical (unpaired) electrons. The number of non-ortho nitro benzene ring substituents is 1. The molecule has 0 saturated carbocycles. The van der Waals surface area contributed by atoms with Crippen LogP contribution in [-0.4, -0.2) is 33.9 Å². The highest BCUT2D eigenvalue weighted by molar-refractivity contribution is 7.13. The Bertz CT molecular complexity index is 912. The summed E-state index contributed by atoms with van der Waals surface area (Å²) in [5.74, 6) is -0.113. The Morgan fingerprint density at radius 3 is 2.67 bits per heavy atom. The van der Waals surface area contributed by atoms with E-state index in [1.54, 1.807) is 18.3 Å². The van der Waals surface area contributed by atoms with Crippen LogP contribution in [0.3, 0.4) is 0 Å². The van der Waals surface area contributed by atoms with E-state index in [0.717, 1.165) is 16.4 Å². The molecule has 27 heavy (non-hydrogen) atoms. The number of nitro benzene ring substituents is 1. The number of pyridine rings is 1. The SMILES string of the molecule is O=C(Cc1csc(-c2ccccn2)n1)NCCNc1ccc([N+](=O)[O-])cc1. The Balaban J connectivity index is 1.41. The van der Waals surface area contributed by atoms with Gasteiger partial charge in [0.25, 0.3) is 5.69 Å². The largest absolute Gasteiger partial charge is 0.383 e. The van der Waals surface area contributed by atoms with Gasteiger partial charge in [-0.05, 0) is 24.3 Å². The zero-order valence-corrected chi connectivity index (χ0v) is 15.1. The lowest BCUT2D eigenvalue weighted by molar-refractivity contribution is -0.384. The van der Waals surface area contributed by atoms with Gasteiger partial charge in [-0.2, -0.15) is 0 Å². The second kappa shape index (κ2) is 8.86. The molecule has 3 aromatic rings. The van der Waals surface area contributed by atoms with Crippen molar-refractivity contribution >= 4 is 28.6 Å². The molecule has 8 nitrogen and oxygen atoms in total. The van der Waals surface area contributed by atoms with Crippen molar-refractivity contribution in [2.45, 2.75) is 6.42 Å². The van der Waals surface area contributed by atoms with Crippen molar-refractivity contribution in [2.75, 3.05) is 18.4 Å². The summed E-state index contributed by atoms with van der Waals surface area (Å²) in [7, 11) is 0. The third-order valence-electron chi connectivity index (χ3n) is 3.63. The smallest absolute Gasteiger partial charge is 0.269 e. The monoisotopic (exact) mass is 383 g/mol. The van der Waals surface area contributed by atoms with E-state index in [4.69, 9.17) is 0 Å². The van der Waals surface area contributed by atoms with E-state index in [0.29, 0.717) is 18.8 Å². The molecular formula is C18H17N5O3S. The third-order valence-corrected chi connectivity index (χ3v) is 4.55. The normalized spacial score (nSPS) is 10.4. The summed E-state index contributed by atoms with van der Waals surface area (Å²) in [5, 5.41) is 19.2. The summed E-state index contributed by atoms with van der Waals surface area (Å²) in [6, 6.07) is 11.8. The van der Waals surface area contributed by atoms with Gasteiger partial charge in [0.15, 0.2) is 0 Å². The van der Waals surface area contributed by atoms with Crippen molar-refractivity contribution in [1.29, 1.82) is 0 Å². The molecule has 3 rings (SSSR count). The molecule has 0 unspecified atom stereocenters. The highest BCUT2D eigenvalue weighted by atomic mass is 32.1.